The number of alkyl halides is 2. The van der Waals surface area contributed by atoms with E-state index >= 15 is 0 Å². The Morgan fingerprint density at radius 1 is 1.11 bits per heavy atom. The van der Waals surface area contributed by atoms with Crippen LogP contribution in [0.3, 0.4) is 0 Å². The van der Waals surface area contributed by atoms with Gasteiger partial charge in [-0.3, -0.25) is 4.79 Å². The lowest BCUT2D eigenvalue weighted by molar-refractivity contribution is 0.102. The van der Waals surface area contributed by atoms with E-state index in [1.165, 1.54) is 52.8 Å². The Kier molecular flexibility index (Phi) is 6.07. The minimum Gasteiger partial charge on any atom is -0.393 e. The number of nitrogens with one attached hydrogen (secondary N) is 1. The van der Waals surface area contributed by atoms with Gasteiger partial charge in [-0.05, 0) is 43.2 Å². The first-order valence-corrected chi connectivity index (χ1v) is 10.2. The standard InChI is InChI=1S/C19H20F2N2O4S/c20-18(21)13-3-1-5-15(11-13)22-19(25)14-4-2-6-17(12-14)28(26,27)23-9-7-16(24)8-10-23/h1-6,11-12,16,18,24H,7-10H2,(H,22,25). The molecule has 1 amide bonds. The van der Waals surface area contributed by atoms with Crippen molar-refractivity contribution in [3.63, 3.8) is 0 Å². The molecule has 1 saturated heterocycles. The van der Waals surface area contributed by atoms with Gasteiger partial charge in [0.2, 0.25) is 10.0 Å². The third-order valence-corrected chi connectivity index (χ3v) is 6.45. The highest BCUT2D eigenvalue weighted by atomic mass is 32.2. The highest BCUT2D eigenvalue weighted by molar-refractivity contribution is 7.89. The molecule has 1 heterocycles. The maximum atomic E-state index is 12.8. The van der Waals surface area contributed by atoms with Gasteiger partial charge in [0, 0.05) is 29.9 Å². The van der Waals surface area contributed by atoms with Gasteiger partial charge in [0.1, 0.15) is 0 Å². The third-order valence-electron chi connectivity index (χ3n) is 4.55. The molecule has 0 unspecified atom stereocenters. The molecule has 3 rings (SSSR count). The van der Waals surface area contributed by atoms with E-state index < -0.39 is 28.5 Å². The number of anilines is 1. The quantitative estimate of drug-likeness (QED) is 0.793. The molecule has 0 aliphatic carbocycles. The summed E-state index contributed by atoms with van der Waals surface area (Å²) in [7, 11) is -3.79. The molecule has 2 aromatic rings. The molecule has 2 N–H and O–H groups in total. The molecule has 150 valence electrons. The molecule has 28 heavy (non-hydrogen) atoms. The van der Waals surface area contributed by atoms with Crippen LogP contribution in [-0.4, -0.2) is 42.9 Å². The molecule has 9 heteroatoms. The molecule has 1 aliphatic heterocycles. The van der Waals surface area contributed by atoms with Crippen molar-refractivity contribution in [1.82, 2.24) is 4.31 Å². The summed E-state index contributed by atoms with van der Waals surface area (Å²) in [4.78, 5) is 12.4. The Morgan fingerprint density at radius 3 is 2.46 bits per heavy atom. The summed E-state index contributed by atoms with van der Waals surface area (Å²) in [5, 5.41) is 12.1. The normalized spacial score (nSPS) is 16.3. The van der Waals surface area contributed by atoms with Gasteiger partial charge in [0.05, 0.1) is 11.0 Å². The van der Waals surface area contributed by atoms with Gasteiger partial charge in [0.25, 0.3) is 12.3 Å². The van der Waals surface area contributed by atoms with Crippen molar-refractivity contribution in [2.45, 2.75) is 30.3 Å². The van der Waals surface area contributed by atoms with Gasteiger partial charge >= 0.3 is 0 Å². The van der Waals surface area contributed by atoms with Crippen LogP contribution in [0.2, 0.25) is 0 Å². The fourth-order valence-corrected chi connectivity index (χ4v) is 4.50. The second-order valence-electron chi connectivity index (χ2n) is 6.54. The highest BCUT2D eigenvalue weighted by Gasteiger charge is 2.29. The van der Waals surface area contributed by atoms with E-state index in [2.05, 4.69) is 5.32 Å². The highest BCUT2D eigenvalue weighted by Crippen LogP contribution is 2.24. The van der Waals surface area contributed by atoms with Crippen LogP contribution in [-0.2, 0) is 10.0 Å². The first kappa shape index (κ1) is 20.4. The van der Waals surface area contributed by atoms with Gasteiger partial charge in [-0.15, -0.1) is 0 Å². The molecule has 1 aliphatic rings. The first-order valence-electron chi connectivity index (χ1n) is 8.75. The van der Waals surface area contributed by atoms with Gasteiger partial charge in [-0.1, -0.05) is 18.2 Å². The summed E-state index contributed by atoms with van der Waals surface area (Å²) >= 11 is 0. The second-order valence-corrected chi connectivity index (χ2v) is 8.48. The van der Waals surface area contributed by atoms with Crippen LogP contribution < -0.4 is 5.32 Å². The van der Waals surface area contributed by atoms with Crippen LogP contribution in [0.5, 0.6) is 0 Å². The zero-order chi connectivity index (χ0) is 20.3. The van der Waals surface area contributed by atoms with E-state index in [0.717, 1.165) is 0 Å². The summed E-state index contributed by atoms with van der Waals surface area (Å²) in [6.07, 6.45) is -2.44. The van der Waals surface area contributed by atoms with E-state index in [-0.39, 0.29) is 34.8 Å². The molecule has 0 saturated carbocycles. The number of carbonyl (C=O) groups excluding carboxylic acids is 1. The lowest BCUT2D eigenvalue weighted by Crippen LogP contribution is -2.40. The van der Waals surface area contributed by atoms with E-state index in [1.54, 1.807) is 0 Å². The monoisotopic (exact) mass is 410 g/mol. The minimum atomic E-state index is -3.79. The molecule has 0 radical (unpaired) electrons. The smallest absolute Gasteiger partial charge is 0.263 e. The molecule has 0 spiro atoms. The van der Waals surface area contributed by atoms with Crippen LogP contribution in [0.15, 0.2) is 53.4 Å². The lowest BCUT2D eigenvalue weighted by Gasteiger charge is -2.28. The van der Waals surface area contributed by atoms with Crippen molar-refractivity contribution in [1.29, 1.82) is 0 Å². The molecule has 2 aromatic carbocycles. The van der Waals surface area contributed by atoms with E-state index in [4.69, 9.17) is 0 Å². The van der Waals surface area contributed by atoms with Crippen LogP contribution in [0.4, 0.5) is 14.5 Å². The molecule has 0 aromatic heterocycles. The number of amides is 1. The van der Waals surface area contributed by atoms with Gasteiger partial charge in [-0.2, -0.15) is 4.31 Å². The zero-order valence-electron chi connectivity index (χ0n) is 14.9. The maximum absolute atomic E-state index is 12.8. The predicted molar refractivity (Wildman–Crippen MR) is 99.8 cm³/mol. The number of rotatable bonds is 5. The molecule has 1 fully saturated rings. The third kappa shape index (κ3) is 4.54. The summed E-state index contributed by atoms with van der Waals surface area (Å²) in [6, 6.07) is 10.9. The number of hydrogen-bond donors (Lipinski definition) is 2. The van der Waals surface area contributed by atoms with Gasteiger partial charge < -0.3 is 10.4 Å². The number of sulfonamides is 1. The number of hydrogen-bond acceptors (Lipinski definition) is 4. The molecule has 0 bridgehead atoms. The second kappa shape index (κ2) is 8.34. The van der Waals surface area contributed by atoms with Crippen molar-refractivity contribution in [2.24, 2.45) is 0 Å². The fourth-order valence-electron chi connectivity index (χ4n) is 2.98. The average molecular weight is 410 g/mol. The maximum Gasteiger partial charge on any atom is 0.263 e. The molecular formula is C19H20F2N2O4S. The van der Waals surface area contributed by atoms with E-state index in [0.29, 0.717) is 12.8 Å². The number of piperidine rings is 1. The predicted octanol–water partition coefficient (Wildman–Crippen LogP) is 3.02. The van der Waals surface area contributed by atoms with Gasteiger partial charge in [-0.25, -0.2) is 17.2 Å². The number of carbonyl (C=O) groups is 1. The van der Waals surface area contributed by atoms with Crippen LogP contribution in [0.25, 0.3) is 0 Å². The molecular weight excluding hydrogens is 390 g/mol. The van der Waals surface area contributed by atoms with Crippen molar-refractivity contribution >= 4 is 21.6 Å². The Bertz CT molecular complexity index is 958. The molecule has 0 atom stereocenters. The number of aliphatic hydroxyl groups excluding tert-OH is 1. The molecule has 6 nitrogen and oxygen atoms in total. The number of aliphatic hydroxyl groups is 1. The largest absolute Gasteiger partial charge is 0.393 e. The topological polar surface area (TPSA) is 86.7 Å². The summed E-state index contributed by atoms with van der Waals surface area (Å²) in [6.45, 7) is 0.417. The Balaban J connectivity index is 1.79. The summed E-state index contributed by atoms with van der Waals surface area (Å²) < 4.78 is 52.4. The Hall–Kier alpha value is -2.36. The Morgan fingerprint density at radius 2 is 1.79 bits per heavy atom. The van der Waals surface area contributed by atoms with E-state index in [1.807, 2.05) is 0 Å². The van der Waals surface area contributed by atoms with Crippen LogP contribution in [0, 0.1) is 0 Å². The van der Waals surface area contributed by atoms with Crippen molar-refractivity contribution in [2.75, 3.05) is 18.4 Å². The van der Waals surface area contributed by atoms with Crippen LogP contribution in [0.1, 0.15) is 35.2 Å². The Labute approximate surface area is 161 Å². The summed E-state index contributed by atoms with van der Waals surface area (Å²) in [5.41, 5.74) is 0.0723. The SMILES string of the molecule is O=C(Nc1cccc(C(F)F)c1)c1cccc(S(=O)(=O)N2CCC(O)CC2)c1. The van der Waals surface area contributed by atoms with Crippen molar-refractivity contribution in [3.05, 3.63) is 59.7 Å². The van der Waals surface area contributed by atoms with E-state index in [9.17, 15) is 27.1 Å². The van der Waals surface area contributed by atoms with Crippen molar-refractivity contribution < 1.29 is 27.1 Å². The number of benzene rings is 2. The lowest BCUT2D eigenvalue weighted by atomic mass is 10.1. The summed E-state index contributed by atoms with van der Waals surface area (Å²) in [5.74, 6) is -0.600. The van der Waals surface area contributed by atoms with Crippen molar-refractivity contribution in [3.8, 4) is 0 Å². The fraction of sp³-hybridized carbons (Fsp3) is 0.316. The minimum absolute atomic E-state index is 0.0297. The average Bonchev–Trinajstić information content (AvgIpc) is 2.68. The number of nitrogens with zero attached hydrogens (tertiary/aromatic N) is 1. The van der Waals surface area contributed by atoms with Crippen LogP contribution >= 0.6 is 0 Å². The number of halogens is 2. The van der Waals surface area contributed by atoms with Gasteiger partial charge in [0.15, 0.2) is 0 Å². The first-order chi connectivity index (χ1) is 13.3. The zero-order valence-corrected chi connectivity index (χ0v) is 15.7.